The van der Waals surface area contributed by atoms with Gasteiger partial charge in [0.1, 0.15) is 0 Å². The fourth-order valence-electron chi connectivity index (χ4n) is 4.19. The molecule has 0 fully saturated rings. The maximum absolute atomic E-state index is 12.7. The van der Waals surface area contributed by atoms with Crippen molar-refractivity contribution in [3.63, 3.8) is 0 Å². The summed E-state index contributed by atoms with van der Waals surface area (Å²) in [6.07, 6.45) is 5.47. The highest BCUT2D eigenvalue weighted by Crippen LogP contribution is 2.40. The molecule has 1 aromatic heterocycles. The minimum atomic E-state index is -3.42. The van der Waals surface area contributed by atoms with Gasteiger partial charge in [0, 0.05) is 44.3 Å². The standard InChI is InChI=1S/C23H27N5O2S/c1-15-8-9-16(12-20(15)17-13-25-23(26-14-17)27(2)3)22-19-6-5-7-21(24)18(19)10-11-28(22)31(4,29)30/h5-9,12-14,22H,10-11,24H2,1-4H3. The molecule has 2 N–H and O–H groups in total. The van der Waals surface area contributed by atoms with Crippen LogP contribution in [0.5, 0.6) is 0 Å². The maximum atomic E-state index is 12.7. The lowest BCUT2D eigenvalue weighted by atomic mass is 9.87. The van der Waals surface area contributed by atoms with E-state index in [4.69, 9.17) is 5.73 Å². The van der Waals surface area contributed by atoms with Crippen molar-refractivity contribution >= 4 is 21.7 Å². The van der Waals surface area contributed by atoms with Crippen LogP contribution in [0.25, 0.3) is 11.1 Å². The first-order valence-electron chi connectivity index (χ1n) is 10.1. The fraction of sp³-hybridized carbons (Fsp3) is 0.304. The summed E-state index contributed by atoms with van der Waals surface area (Å²) in [4.78, 5) is 10.7. The Bertz CT molecular complexity index is 1220. The summed E-state index contributed by atoms with van der Waals surface area (Å²) >= 11 is 0. The van der Waals surface area contributed by atoms with Gasteiger partial charge in [0.2, 0.25) is 16.0 Å². The number of sulfonamides is 1. The number of nitrogens with two attached hydrogens (primary N) is 1. The second-order valence-electron chi connectivity index (χ2n) is 8.18. The largest absolute Gasteiger partial charge is 0.398 e. The third kappa shape index (κ3) is 4.00. The summed E-state index contributed by atoms with van der Waals surface area (Å²) in [6.45, 7) is 2.43. The summed E-state index contributed by atoms with van der Waals surface area (Å²) in [5.41, 5.74) is 12.7. The normalized spacial score (nSPS) is 16.7. The number of aromatic nitrogens is 2. The van der Waals surface area contributed by atoms with E-state index in [2.05, 4.69) is 9.97 Å². The number of rotatable bonds is 4. The van der Waals surface area contributed by atoms with Gasteiger partial charge in [-0.05, 0) is 53.3 Å². The highest BCUT2D eigenvalue weighted by Gasteiger charge is 2.35. The molecule has 0 amide bonds. The Balaban J connectivity index is 1.86. The van der Waals surface area contributed by atoms with E-state index in [0.717, 1.165) is 33.4 Å². The Morgan fingerprint density at radius 2 is 1.84 bits per heavy atom. The summed E-state index contributed by atoms with van der Waals surface area (Å²) < 4.78 is 26.9. The number of hydrogen-bond acceptors (Lipinski definition) is 6. The van der Waals surface area contributed by atoms with Crippen LogP contribution >= 0.6 is 0 Å². The van der Waals surface area contributed by atoms with Crippen LogP contribution < -0.4 is 10.6 Å². The molecule has 7 nitrogen and oxygen atoms in total. The van der Waals surface area contributed by atoms with E-state index in [1.165, 1.54) is 6.26 Å². The molecule has 4 rings (SSSR count). The minimum absolute atomic E-state index is 0.397. The van der Waals surface area contributed by atoms with Gasteiger partial charge in [-0.2, -0.15) is 4.31 Å². The molecule has 2 heterocycles. The first-order valence-corrected chi connectivity index (χ1v) is 12.0. The number of benzene rings is 2. The molecule has 1 aliphatic rings. The van der Waals surface area contributed by atoms with Crippen LogP contribution in [0.1, 0.15) is 28.3 Å². The maximum Gasteiger partial charge on any atom is 0.224 e. The number of hydrogen-bond donors (Lipinski definition) is 1. The van der Waals surface area contributed by atoms with Gasteiger partial charge < -0.3 is 10.6 Å². The molecule has 3 aromatic rings. The average Bonchev–Trinajstić information content (AvgIpc) is 2.73. The molecule has 2 aromatic carbocycles. The van der Waals surface area contributed by atoms with Crippen LogP contribution in [0.2, 0.25) is 0 Å². The lowest BCUT2D eigenvalue weighted by molar-refractivity contribution is 0.347. The smallest absolute Gasteiger partial charge is 0.224 e. The zero-order chi connectivity index (χ0) is 22.3. The van der Waals surface area contributed by atoms with Crippen LogP contribution in [0.4, 0.5) is 11.6 Å². The molecular weight excluding hydrogens is 410 g/mol. The first kappa shape index (κ1) is 21.3. The van der Waals surface area contributed by atoms with Crippen molar-refractivity contribution in [1.29, 1.82) is 0 Å². The molecular formula is C23H27N5O2S. The van der Waals surface area contributed by atoms with Crippen molar-refractivity contribution in [2.45, 2.75) is 19.4 Å². The molecule has 0 spiro atoms. The van der Waals surface area contributed by atoms with Gasteiger partial charge >= 0.3 is 0 Å². The van der Waals surface area contributed by atoms with Gasteiger partial charge in [0.15, 0.2) is 0 Å². The van der Waals surface area contributed by atoms with Crippen molar-refractivity contribution in [3.8, 4) is 11.1 Å². The first-order chi connectivity index (χ1) is 14.7. The molecule has 0 bridgehead atoms. The quantitative estimate of drug-likeness (QED) is 0.631. The highest BCUT2D eigenvalue weighted by molar-refractivity contribution is 7.88. The van der Waals surface area contributed by atoms with Gasteiger partial charge in [-0.3, -0.25) is 0 Å². The third-order valence-electron chi connectivity index (χ3n) is 5.77. The number of fused-ring (bicyclic) bond motifs is 1. The van der Waals surface area contributed by atoms with Crippen molar-refractivity contribution in [1.82, 2.24) is 14.3 Å². The molecule has 0 saturated carbocycles. The second kappa shape index (κ2) is 7.94. The Kier molecular flexibility index (Phi) is 5.45. The van der Waals surface area contributed by atoms with Crippen LogP contribution in [0.3, 0.4) is 0 Å². The third-order valence-corrected chi connectivity index (χ3v) is 7.01. The molecule has 0 saturated heterocycles. The van der Waals surface area contributed by atoms with E-state index < -0.39 is 16.1 Å². The molecule has 31 heavy (non-hydrogen) atoms. The molecule has 1 atom stereocenters. The number of anilines is 2. The number of nitrogens with zero attached hydrogens (tertiary/aromatic N) is 4. The van der Waals surface area contributed by atoms with E-state index in [0.29, 0.717) is 24.6 Å². The molecule has 162 valence electrons. The van der Waals surface area contributed by atoms with Crippen molar-refractivity contribution in [2.75, 3.05) is 37.5 Å². The number of nitrogen functional groups attached to an aromatic ring is 1. The van der Waals surface area contributed by atoms with Crippen LogP contribution in [0, 0.1) is 6.92 Å². The van der Waals surface area contributed by atoms with Crippen molar-refractivity contribution < 1.29 is 8.42 Å². The van der Waals surface area contributed by atoms with Crippen LogP contribution in [-0.2, 0) is 16.4 Å². The topological polar surface area (TPSA) is 92.4 Å². The van der Waals surface area contributed by atoms with E-state index in [1.807, 2.05) is 62.3 Å². The Morgan fingerprint density at radius 1 is 1.13 bits per heavy atom. The Morgan fingerprint density at radius 3 is 2.48 bits per heavy atom. The SMILES string of the molecule is Cc1ccc(C2c3cccc(N)c3CCN2S(C)(=O)=O)cc1-c1cnc(N(C)C)nc1. The van der Waals surface area contributed by atoms with Crippen molar-refractivity contribution in [2.24, 2.45) is 0 Å². The van der Waals surface area contributed by atoms with Crippen LogP contribution in [0.15, 0.2) is 48.8 Å². The lowest BCUT2D eigenvalue weighted by Crippen LogP contribution is -2.40. The molecule has 0 radical (unpaired) electrons. The molecule has 1 aliphatic heterocycles. The van der Waals surface area contributed by atoms with E-state index in [9.17, 15) is 8.42 Å². The Hall–Kier alpha value is -2.97. The zero-order valence-corrected chi connectivity index (χ0v) is 19.0. The summed E-state index contributed by atoms with van der Waals surface area (Å²) in [5.74, 6) is 0.637. The summed E-state index contributed by atoms with van der Waals surface area (Å²) in [6, 6.07) is 11.4. The second-order valence-corrected chi connectivity index (χ2v) is 10.1. The van der Waals surface area contributed by atoms with E-state index in [1.54, 1.807) is 16.7 Å². The minimum Gasteiger partial charge on any atom is -0.398 e. The predicted octanol–water partition coefficient (Wildman–Crippen LogP) is 3.01. The monoisotopic (exact) mass is 437 g/mol. The van der Waals surface area contributed by atoms with Gasteiger partial charge in [-0.25, -0.2) is 18.4 Å². The molecule has 0 aliphatic carbocycles. The van der Waals surface area contributed by atoms with E-state index in [-0.39, 0.29) is 0 Å². The molecule has 1 unspecified atom stereocenters. The van der Waals surface area contributed by atoms with Crippen molar-refractivity contribution in [3.05, 3.63) is 71.0 Å². The van der Waals surface area contributed by atoms with Gasteiger partial charge in [0.05, 0.1) is 12.3 Å². The van der Waals surface area contributed by atoms with Gasteiger partial charge in [0.25, 0.3) is 0 Å². The highest BCUT2D eigenvalue weighted by atomic mass is 32.2. The lowest BCUT2D eigenvalue weighted by Gasteiger charge is -2.36. The molecule has 8 heteroatoms. The van der Waals surface area contributed by atoms with Gasteiger partial charge in [-0.15, -0.1) is 0 Å². The zero-order valence-electron chi connectivity index (χ0n) is 18.2. The summed E-state index contributed by atoms with van der Waals surface area (Å²) in [7, 11) is 0.372. The predicted molar refractivity (Wildman–Crippen MR) is 124 cm³/mol. The Labute approximate surface area is 183 Å². The number of aryl methyl sites for hydroxylation is 1. The average molecular weight is 438 g/mol. The fourth-order valence-corrected chi connectivity index (χ4v) is 5.23. The van der Waals surface area contributed by atoms with E-state index >= 15 is 0 Å². The summed E-state index contributed by atoms with van der Waals surface area (Å²) in [5, 5.41) is 0. The van der Waals surface area contributed by atoms with Gasteiger partial charge in [-0.1, -0.05) is 24.3 Å². The van der Waals surface area contributed by atoms with Crippen LogP contribution in [-0.4, -0.2) is 49.6 Å².